The third-order valence-electron chi connectivity index (χ3n) is 6.16. The minimum atomic E-state index is -2.17. The molecule has 0 heterocycles. The van der Waals surface area contributed by atoms with E-state index in [-0.39, 0.29) is 5.56 Å². The second-order valence-corrected chi connectivity index (χ2v) is 7.87. The molecule has 4 aromatic carbocycles. The molecule has 0 unspecified atom stereocenters. The van der Waals surface area contributed by atoms with Crippen LogP contribution in [-0.2, 0) is 12.8 Å². The number of halogens is 8. The van der Waals surface area contributed by atoms with Gasteiger partial charge in [-0.3, -0.25) is 0 Å². The fourth-order valence-electron chi connectivity index (χ4n) is 4.35. The van der Waals surface area contributed by atoms with Gasteiger partial charge in [0.05, 0.1) is 16.7 Å². The largest absolute Gasteiger partial charge is 0.203 e. The summed E-state index contributed by atoms with van der Waals surface area (Å²) in [4.78, 5) is 0. The highest BCUT2D eigenvalue weighted by Gasteiger charge is 2.34. The Kier molecular flexibility index (Phi) is 4.74. The number of benzene rings is 4. The van der Waals surface area contributed by atoms with E-state index in [2.05, 4.69) is 0 Å². The van der Waals surface area contributed by atoms with Crippen LogP contribution in [0.25, 0.3) is 33.0 Å². The maximum absolute atomic E-state index is 15.2. The van der Waals surface area contributed by atoms with Gasteiger partial charge in [-0.05, 0) is 47.2 Å². The molecule has 5 rings (SSSR count). The Morgan fingerprint density at radius 1 is 0.545 bits per heavy atom. The first kappa shape index (κ1) is 21.4. The summed E-state index contributed by atoms with van der Waals surface area (Å²) in [5, 5.41) is 0.977. The first-order valence-electron chi connectivity index (χ1n) is 9.87. The zero-order valence-electron chi connectivity index (χ0n) is 16.8. The standard InChI is InChI=1S/C25H12F8/c1-9-18(26)22(30)16(23(31)19(9)27)17-24(32)20(28)15(21(29)25(17)33)14-8-10-6-7-11(10)12-4-2-3-5-13(12)14/h2-5,8H,6-7H2,1H3. The maximum Gasteiger partial charge on any atom is 0.170 e. The number of rotatable bonds is 2. The van der Waals surface area contributed by atoms with Crippen molar-refractivity contribution >= 4 is 10.8 Å². The Balaban J connectivity index is 1.86. The van der Waals surface area contributed by atoms with E-state index in [9.17, 15) is 17.6 Å². The molecular formula is C25H12F8. The lowest BCUT2D eigenvalue weighted by atomic mass is 9.80. The van der Waals surface area contributed by atoms with E-state index in [0.717, 1.165) is 17.5 Å². The van der Waals surface area contributed by atoms with E-state index in [4.69, 9.17) is 0 Å². The summed E-state index contributed by atoms with van der Waals surface area (Å²) in [6.45, 7) is 0.702. The molecule has 4 aromatic rings. The van der Waals surface area contributed by atoms with E-state index < -0.39 is 68.8 Å². The van der Waals surface area contributed by atoms with Crippen LogP contribution in [-0.4, -0.2) is 0 Å². The van der Waals surface area contributed by atoms with Crippen LogP contribution in [0.15, 0.2) is 30.3 Å². The quantitative estimate of drug-likeness (QED) is 0.211. The average molecular weight is 464 g/mol. The molecule has 0 fully saturated rings. The van der Waals surface area contributed by atoms with Gasteiger partial charge < -0.3 is 0 Å². The Hall–Kier alpha value is -3.42. The normalized spacial score (nSPS) is 12.8. The molecule has 33 heavy (non-hydrogen) atoms. The van der Waals surface area contributed by atoms with Crippen molar-refractivity contribution in [1.82, 2.24) is 0 Å². The summed E-state index contributed by atoms with van der Waals surface area (Å²) in [6, 6.07) is 7.92. The van der Waals surface area contributed by atoms with Crippen LogP contribution in [0.5, 0.6) is 0 Å². The lowest BCUT2D eigenvalue weighted by Crippen LogP contribution is -2.12. The van der Waals surface area contributed by atoms with Crippen LogP contribution < -0.4 is 0 Å². The monoisotopic (exact) mass is 464 g/mol. The molecule has 0 radical (unpaired) electrons. The molecule has 8 heteroatoms. The van der Waals surface area contributed by atoms with Crippen LogP contribution in [0.4, 0.5) is 35.1 Å². The fraction of sp³-hybridized carbons (Fsp3) is 0.120. The third kappa shape index (κ3) is 2.82. The van der Waals surface area contributed by atoms with E-state index in [1.54, 1.807) is 18.2 Å². The summed E-state index contributed by atoms with van der Waals surface area (Å²) in [6.07, 6.45) is 1.32. The van der Waals surface area contributed by atoms with Gasteiger partial charge in [-0.1, -0.05) is 30.3 Å². The number of hydrogen-bond acceptors (Lipinski definition) is 0. The smallest absolute Gasteiger partial charge is 0.170 e. The van der Waals surface area contributed by atoms with Gasteiger partial charge in [-0.15, -0.1) is 0 Å². The zero-order chi connectivity index (χ0) is 23.8. The first-order valence-corrected chi connectivity index (χ1v) is 9.87. The lowest BCUT2D eigenvalue weighted by molar-refractivity contribution is 0.438. The van der Waals surface area contributed by atoms with E-state index >= 15 is 17.6 Å². The van der Waals surface area contributed by atoms with Crippen LogP contribution >= 0.6 is 0 Å². The summed E-state index contributed by atoms with van der Waals surface area (Å²) >= 11 is 0. The van der Waals surface area contributed by atoms with Gasteiger partial charge >= 0.3 is 0 Å². The summed E-state index contributed by atoms with van der Waals surface area (Å²) < 4.78 is 117. The predicted molar refractivity (Wildman–Crippen MR) is 107 cm³/mol. The van der Waals surface area contributed by atoms with Crippen molar-refractivity contribution in [3.8, 4) is 22.3 Å². The van der Waals surface area contributed by atoms with Crippen molar-refractivity contribution in [1.29, 1.82) is 0 Å². The summed E-state index contributed by atoms with van der Waals surface area (Å²) in [7, 11) is 0. The maximum atomic E-state index is 15.2. The molecule has 0 nitrogen and oxygen atoms in total. The molecule has 168 valence electrons. The lowest BCUT2D eigenvalue weighted by Gasteiger charge is -2.24. The Morgan fingerprint density at radius 3 is 1.48 bits per heavy atom. The summed E-state index contributed by atoms with van der Waals surface area (Å²) in [5.74, 6) is -16.4. The van der Waals surface area contributed by atoms with Crippen molar-refractivity contribution in [2.45, 2.75) is 19.8 Å². The molecule has 0 amide bonds. The molecule has 0 aromatic heterocycles. The molecule has 1 aliphatic rings. The molecule has 0 N–H and O–H groups in total. The number of hydrogen-bond donors (Lipinski definition) is 0. The minimum Gasteiger partial charge on any atom is -0.203 e. The van der Waals surface area contributed by atoms with Crippen LogP contribution in [0.1, 0.15) is 16.7 Å². The highest BCUT2D eigenvalue weighted by molar-refractivity contribution is 6.00. The van der Waals surface area contributed by atoms with E-state index in [0.29, 0.717) is 24.1 Å². The molecule has 0 saturated heterocycles. The Labute approximate surface area is 182 Å². The third-order valence-corrected chi connectivity index (χ3v) is 6.16. The molecule has 0 spiro atoms. The molecule has 0 saturated carbocycles. The van der Waals surface area contributed by atoms with Crippen LogP contribution in [0, 0.1) is 53.5 Å². The molecule has 1 aliphatic carbocycles. The van der Waals surface area contributed by atoms with Gasteiger partial charge in [-0.2, -0.15) is 0 Å². The minimum absolute atomic E-state index is 0.148. The highest BCUT2D eigenvalue weighted by Crippen LogP contribution is 2.44. The van der Waals surface area contributed by atoms with Gasteiger partial charge in [-0.25, -0.2) is 35.1 Å². The predicted octanol–water partition coefficient (Wildman–Crippen LogP) is 7.69. The van der Waals surface area contributed by atoms with Gasteiger partial charge in [0.15, 0.2) is 46.5 Å². The highest BCUT2D eigenvalue weighted by atomic mass is 19.2. The zero-order valence-corrected chi connectivity index (χ0v) is 16.8. The van der Waals surface area contributed by atoms with E-state index in [1.807, 2.05) is 0 Å². The molecule has 0 bridgehead atoms. The van der Waals surface area contributed by atoms with Crippen LogP contribution in [0.3, 0.4) is 0 Å². The first-order chi connectivity index (χ1) is 15.6. The molecule has 0 atom stereocenters. The fourth-order valence-corrected chi connectivity index (χ4v) is 4.35. The molecule has 0 aliphatic heterocycles. The average Bonchev–Trinajstić information content (AvgIpc) is 2.78. The second kappa shape index (κ2) is 7.30. The van der Waals surface area contributed by atoms with Crippen molar-refractivity contribution in [2.24, 2.45) is 0 Å². The summed E-state index contributed by atoms with van der Waals surface area (Å²) in [5.41, 5.74) is -4.35. The number of fused-ring (bicyclic) bond motifs is 3. The molecular weight excluding hydrogens is 452 g/mol. The van der Waals surface area contributed by atoms with Crippen molar-refractivity contribution in [2.75, 3.05) is 0 Å². The Bertz CT molecular complexity index is 1450. The van der Waals surface area contributed by atoms with Gasteiger partial charge in [0.25, 0.3) is 0 Å². The Morgan fingerprint density at radius 2 is 1.00 bits per heavy atom. The van der Waals surface area contributed by atoms with Crippen molar-refractivity contribution < 1.29 is 35.1 Å². The van der Waals surface area contributed by atoms with E-state index in [1.165, 1.54) is 12.1 Å². The van der Waals surface area contributed by atoms with Gasteiger partial charge in [0.1, 0.15) is 0 Å². The van der Waals surface area contributed by atoms with Crippen molar-refractivity contribution in [3.63, 3.8) is 0 Å². The number of aryl methyl sites for hydroxylation is 2. The van der Waals surface area contributed by atoms with Gasteiger partial charge in [0, 0.05) is 5.56 Å². The van der Waals surface area contributed by atoms with Crippen LogP contribution in [0.2, 0.25) is 0 Å². The van der Waals surface area contributed by atoms with Crippen molar-refractivity contribution in [3.05, 3.63) is 93.6 Å². The topological polar surface area (TPSA) is 0 Å². The second-order valence-electron chi connectivity index (χ2n) is 7.87. The van der Waals surface area contributed by atoms with Gasteiger partial charge in [0.2, 0.25) is 0 Å². The SMILES string of the molecule is Cc1c(F)c(F)c(-c2c(F)c(F)c(-c3cc4c(c5ccccc35)CC4)c(F)c2F)c(F)c1F.